The van der Waals surface area contributed by atoms with Gasteiger partial charge in [0.15, 0.2) is 0 Å². The van der Waals surface area contributed by atoms with Crippen LogP contribution in [0.25, 0.3) is 0 Å². The fourth-order valence-corrected chi connectivity index (χ4v) is 5.18. The van der Waals surface area contributed by atoms with Crippen LogP contribution in [0.5, 0.6) is 0 Å². The molecule has 2 saturated heterocycles. The van der Waals surface area contributed by atoms with E-state index in [1.54, 1.807) is 37.6 Å². The number of piperidine rings is 1. The highest BCUT2D eigenvalue weighted by Crippen LogP contribution is 2.37. The summed E-state index contributed by atoms with van der Waals surface area (Å²) in [6.07, 6.45) is 5.13. The van der Waals surface area contributed by atoms with E-state index in [9.17, 15) is 14.0 Å². The molecule has 0 aliphatic carbocycles. The molecule has 31 heavy (non-hydrogen) atoms. The van der Waals surface area contributed by atoms with Crippen LogP contribution in [0.2, 0.25) is 0 Å². The van der Waals surface area contributed by atoms with Gasteiger partial charge in [-0.2, -0.15) is 0 Å². The predicted molar refractivity (Wildman–Crippen MR) is 118 cm³/mol. The number of aromatic nitrogens is 2. The standard InChI is InChI=1S/C24H32FN3O3/c1-16-17(2)26(3)24(30)28(23(16)29)12-6-11-27-19-9-10-20(27)14-21(13-19)31-15-18-7-4-5-8-22(18)25/h4-5,7-8,19-21H,6,9-15H2,1-3H3. The zero-order chi connectivity index (χ0) is 22.1. The summed E-state index contributed by atoms with van der Waals surface area (Å²) in [7, 11) is 1.72. The third-order valence-electron chi connectivity index (χ3n) is 7.20. The van der Waals surface area contributed by atoms with Crippen LogP contribution >= 0.6 is 0 Å². The van der Waals surface area contributed by atoms with E-state index in [1.807, 2.05) is 6.07 Å². The molecule has 6 nitrogen and oxygen atoms in total. The van der Waals surface area contributed by atoms with Gasteiger partial charge in [0.25, 0.3) is 5.56 Å². The Morgan fingerprint density at radius 1 is 1.06 bits per heavy atom. The average Bonchev–Trinajstić information content (AvgIpc) is 3.00. The predicted octanol–water partition coefficient (Wildman–Crippen LogP) is 2.91. The quantitative estimate of drug-likeness (QED) is 0.679. The summed E-state index contributed by atoms with van der Waals surface area (Å²) < 4.78 is 22.8. The fraction of sp³-hybridized carbons (Fsp3) is 0.583. The number of ether oxygens (including phenoxy) is 1. The van der Waals surface area contributed by atoms with Crippen molar-refractivity contribution < 1.29 is 9.13 Å². The SMILES string of the molecule is Cc1c(C)n(C)c(=O)n(CCCN2C3CCC2CC(OCc2ccccc2F)C3)c1=O. The highest BCUT2D eigenvalue weighted by Gasteiger charge is 2.40. The van der Waals surface area contributed by atoms with Gasteiger partial charge in [-0.25, -0.2) is 9.18 Å². The van der Waals surface area contributed by atoms with Crippen molar-refractivity contribution in [3.63, 3.8) is 0 Å². The molecule has 1 aromatic heterocycles. The lowest BCUT2D eigenvalue weighted by atomic mass is 9.99. The monoisotopic (exact) mass is 429 g/mol. The van der Waals surface area contributed by atoms with Gasteiger partial charge < -0.3 is 9.30 Å². The summed E-state index contributed by atoms with van der Waals surface area (Å²) in [5, 5.41) is 0. The Morgan fingerprint density at radius 3 is 2.42 bits per heavy atom. The number of nitrogens with zero attached hydrogens (tertiary/aromatic N) is 3. The van der Waals surface area contributed by atoms with Crippen molar-refractivity contribution in [3.05, 3.63) is 67.7 Å². The first kappa shape index (κ1) is 22.0. The van der Waals surface area contributed by atoms with Gasteiger partial charge in [0.1, 0.15) is 5.82 Å². The fourth-order valence-electron chi connectivity index (χ4n) is 5.18. The highest BCUT2D eigenvalue weighted by atomic mass is 19.1. The largest absolute Gasteiger partial charge is 0.373 e. The van der Waals surface area contributed by atoms with Gasteiger partial charge in [0, 0.05) is 49.0 Å². The minimum Gasteiger partial charge on any atom is -0.373 e. The first-order valence-electron chi connectivity index (χ1n) is 11.2. The van der Waals surface area contributed by atoms with Crippen molar-refractivity contribution in [3.8, 4) is 0 Å². The molecule has 4 rings (SSSR count). The zero-order valence-corrected chi connectivity index (χ0v) is 18.6. The molecule has 7 heteroatoms. The second kappa shape index (κ2) is 9.09. The third kappa shape index (κ3) is 4.39. The topological polar surface area (TPSA) is 56.5 Å². The summed E-state index contributed by atoms with van der Waals surface area (Å²) >= 11 is 0. The van der Waals surface area contributed by atoms with Crippen molar-refractivity contribution in [1.29, 1.82) is 0 Å². The second-order valence-electron chi connectivity index (χ2n) is 8.98. The number of fused-ring (bicyclic) bond motifs is 2. The maximum absolute atomic E-state index is 13.8. The Labute approximate surface area is 182 Å². The van der Waals surface area contributed by atoms with E-state index in [4.69, 9.17) is 4.74 Å². The lowest BCUT2D eigenvalue weighted by molar-refractivity contribution is -0.0293. The summed E-state index contributed by atoms with van der Waals surface area (Å²) in [6.45, 7) is 5.21. The minimum absolute atomic E-state index is 0.156. The summed E-state index contributed by atoms with van der Waals surface area (Å²) in [6, 6.07) is 7.70. The molecular formula is C24H32FN3O3. The van der Waals surface area contributed by atoms with Crippen LogP contribution in [0.1, 0.15) is 48.9 Å². The van der Waals surface area contributed by atoms with Crippen molar-refractivity contribution in [2.24, 2.45) is 7.05 Å². The van der Waals surface area contributed by atoms with E-state index in [0.717, 1.165) is 44.3 Å². The van der Waals surface area contributed by atoms with E-state index in [0.29, 0.717) is 36.4 Å². The summed E-state index contributed by atoms with van der Waals surface area (Å²) in [4.78, 5) is 27.6. The molecule has 0 radical (unpaired) electrons. The Kier molecular flexibility index (Phi) is 6.44. The van der Waals surface area contributed by atoms with Gasteiger partial charge in [0.2, 0.25) is 0 Å². The molecule has 2 bridgehead atoms. The van der Waals surface area contributed by atoms with E-state index in [-0.39, 0.29) is 23.2 Å². The smallest absolute Gasteiger partial charge is 0.330 e. The molecule has 2 atom stereocenters. The normalized spacial score (nSPS) is 23.4. The van der Waals surface area contributed by atoms with Crippen LogP contribution < -0.4 is 11.2 Å². The zero-order valence-electron chi connectivity index (χ0n) is 18.6. The van der Waals surface area contributed by atoms with Crippen molar-refractivity contribution in [2.45, 2.75) is 77.3 Å². The van der Waals surface area contributed by atoms with Crippen LogP contribution in [-0.2, 0) is 24.9 Å². The lowest BCUT2D eigenvalue weighted by Gasteiger charge is -2.39. The van der Waals surface area contributed by atoms with Gasteiger partial charge in [-0.3, -0.25) is 14.3 Å². The Balaban J connectivity index is 1.33. The van der Waals surface area contributed by atoms with Gasteiger partial charge >= 0.3 is 5.69 Å². The van der Waals surface area contributed by atoms with Crippen LogP contribution in [-0.4, -0.2) is 38.8 Å². The number of rotatable bonds is 7. The summed E-state index contributed by atoms with van der Waals surface area (Å²) in [5.41, 5.74) is 1.55. The van der Waals surface area contributed by atoms with Crippen molar-refractivity contribution >= 4 is 0 Å². The highest BCUT2D eigenvalue weighted by molar-refractivity contribution is 5.16. The molecule has 2 unspecified atom stereocenters. The first-order chi connectivity index (χ1) is 14.9. The number of halogens is 1. The van der Waals surface area contributed by atoms with Crippen LogP contribution in [0.3, 0.4) is 0 Å². The lowest BCUT2D eigenvalue weighted by Crippen LogP contribution is -2.46. The first-order valence-corrected chi connectivity index (χ1v) is 11.2. The minimum atomic E-state index is -0.240. The second-order valence-corrected chi connectivity index (χ2v) is 8.98. The maximum atomic E-state index is 13.8. The van der Waals surface area contributed by atoms with Crippen LogP contribution in [0.15, 0.2) is 33.9 Å². The van der Waals surface area contributed by atoms with Gasteiger partial charge in [-0.1, -0.05) is 18.2 Å². The maximum Gasteiger partial charge on any atom is 0.330 e. The molecule has 0 saturated carbocycles. The van der Waals surface area contributed by atoms with Crippen molar-refractivity contribution in [1.82, 2.24) is 14.0 Å². The van der Waals surface area contributed by atoms with Crippen LogP contribution in [0, 0.1) is 19.7 Å². The Hall–Kier alpha value is -2.25. The molecule has 1 aromatic carbocycles. The van der Waals surface area contributed by atoms with E-state index >= 15 is 0 Å². The van der Waals surface area contributed by atoms with E-state index in [1.165, 1.54) is 10.6 Å². The Bertz CT molecular complexity index is 1010. The molecule has 3 heterocycles. The van der Waals surface area contributed by atoms with E-state index < -0.39 is 0 Å². The summed E-state index contributed by atoms with van der Waals surface area (Å²) in [5.74, 6) is -0.212. The molecule has 2 aromatic rings. The van der Waals surface area contributed by atoms with Crippen LogP contribution in [0.4, 0.5) is 4.39 Å². The molecular weight excluding hydrogens is 397 g/mol. The van der Waals surface area contributed by atoms with Gasteiger partial charge in [-0.05, 0) is 52.0 Å². The third-order valence-corrected chi connectivity index (χ3v) is 7.20. The van der Waals surface area contributed by atoms with Crippen molar-refractivity contribution in [2.75, 3.05) is 6.54 Å². The molecule has 2 fully saturated rings. The Morgan fingerprint density at radius 2 is 1.74 bits per heavy atom. The van der Waals surface area contributed by atoms with Gasteiger partial charge in [0.05, 0.1) is 12.7 Å². The van der Waals surface area contributed by atoms with E-state index in [2.05, 4.69) is 4.90 Å². The molecule has 168 valence electrons. The van der Waals surface area contributed by atoms with Gasteiger partial charge in [-0.15, -0.1) is 0 Å². The molecule has 0 amide bonds. The molecule has 0 spiro atoms. The molecule has 2 aliphatic heterocycles. The average molecular weight is 430 g/mol. The number of benzene rings is 1. The number of hydrogen-bond donors (Lipinski definition) is 0. The molecule has 2 aliphatic rings. The molecule has 0 N–H and O–H groups in total. The number of hydrogen-bond acceptors (Lipinski definition) is 4.